The Bertz CT molecular complexity index is 1200. The summed E-state index contributed by atoms with van der Waals surface area (Å²) in [4.78, 5) is 26.5. The lowest BCUT2D eigenvalue weighted by Crippen LogP contribution is -2.32. The fraction of sp³-hybridized carbons (Fsp3) is 0.273. The smallest absolute Gasteiger partial charge is 0.258 e. The van der Waals surface area contributed by atoms with Gasteiger partial charge in [-0.1, -0.05) is 17.3 Å². The van der Waals surface area contributed by atoms with Crippen LogP contribution >= 0.6 is 0 Å². The van der Waals surface area contributed by atoms with Crippen molar-refractivity contribution in [2.24, 2.45) is 0 Å². The number of H-pyrrole nitrogens is 1. The molecular formula is C22H23N5O3. The van der Waals surface area contributed by atoms with E-state index in [2.05, 4.69) is 38.9 Å². The molecule has 0 aliphatic rings. The van der Waals surface area contributed by atoms with E-state index in [4.69, 9.17) is 9.26 Å². The van der Waals surface area contributed by atoms with Crippen LogP contribution in [-0.4, -0.2) is 38.2 Å². The van der Waals surface area contributed by atoms with Gasteiger partial charge in [0.25, 0.3) is 11.4 Å². The predicted molar refractivity (Wildman–Crippen MR) is 113 cm³/mol. The van der Waals surface area contributed by atoms with E-state index in [1.807, 2.05) is 42.5 Å². The van der Waals surface area contributed by atoms with Gasteiger partial charge < -0.3 is 14.2 Å². The van der Waals surface area contributed by atoms with E-state index in [0.717, 1.165) is 11.3 Å². The third-order valence-corrected chi connectivity index (χ3v) is 4.89. The van der Waals surface area contributed by atoms with Crippen LogP contribution in [0.1, 0.15) is 25.5 Å². The topological polar surface area (TPSA) is 97.1 Å². The van der Waals surface area contributed by atoms with E-state index < -0.39 is 0 Å². The van der Waals surface area contributed by atoms with Crippen molar-refractivity contribution in [3.05, 3.63) is 70.5 Å². The van der Waals surface area contributed by atoms with Gasteiger partial charge >= 0.3 is 0 Å². The Kier molecular flexibility index (Phi) is 5.58. The van der Waals surface area contributed by atoms with Gasteiger partial charge in [-0.05, 0) is 50.2 Å². The van der Waals surface area contributed by atoms with Gasteiger partial charge in [0.15, 0.2) is 5.82 Å². The molecule has 0 amide bonds. The largest absolute Gasteiger partial charge is 0.497 e. The summed E-state index contributed by atoms with van der Waals surface area (Å²) in [5.41, 5.74) is 1.37. The minimum absolute atomic E-state index is 0.138. The average Bonchev–Trinajstić information content (AvgIpc) is 3.22. The highest BCUT2D eigenvalue weighted by atomic mass is 16.5. The Morgan fingerprint density at radius 2 is 1.83 bits per heavy atom. The van der Waals surface area contributed by atoms with Crippen LogP contribution in [0.15, 0.2) is 57.8 Å². The highest BCUT2D eigenvalue weighted by Gasteiger charge is 2.17. The van der Waals surface area contributed by atoms with E-state index in [9.17, 15) is 4.79 Å². The summed E-state index contributed by atoms with van der Waals surface area (Å²) >= 11 is 0. The molecule has 0 fully saturated rings. The maximum absolute atomic E-state index is 12.4. The number of ether oxygens (including phenoxy) is 1. The zero-order chi connectivity index (χ0) is 21.1. The van der Waals surface area contributed by atoms with Crippen LogP contribution in [0.5, 0.6) is 5.75 Å². The molecule has 4 rings (SSSR count). The van der Waals surface area contributed by atoms with Gasteiger partial charge in [-0.15, -0.1) is 0 Å². The van der Waals surface area contributed by atoms with Crippen LogP contribution < -0.4 is 10.3 Å². The predicted octanol–water partition coefficient (Wildman–Crippen LogP) is 3.39. The summed E-state index contributed by atoms with van der Waals surface area (Å²) in [5.74, 6) is 2.39. The lowest BCUT2D eigenvalue weighted by atomic mass is 10.2. The van der Waals surface area contributed by atoms with Crippen LogP contribution in [0.2, 0.25) is 0 Å². The van der Waals surface area contributed by atoms with Crippen LogP contribution in [-0.2, 0) is 13.1 Å². The second-order valence-corrected chi connectivity index (χ2v) is 7.27. The molecule has 0 atom stereocenters. The monoisotopic (exact) mass is 405 g/mol. The number of nitrogens with one attached hydrogen (secondary N) is 1. The molecule has 0 aliphatic carbocycles. The van der Waals surface area contributed by atoms with Crippen molar-refractivity contribution in [1.29, 1.82) is 0 Å². The minimum Gasteiger partial charge on any atom is -0.497 e. The zero-order valence-corrected chi connectivity index (χ0v) is 17.1. The first-order chi connectivity index (χ1) is 14.5. The number of nitrogens with zero attached hydrogens (tertiary/aromatic N) is 4. The molecule has 2 heterocycles. The number of aromatic amines is 1. The van der Waals surface area contributed by atoms with Crippen molar-refractivity contribution in [3.8, 4) is 17.2 Å². The van der Waals surface area contributed by atoms with Crippen molar-refractivity contribution in [2.45, 2.75) is 33.0 Å². The van der Waals surface area contributed by atoms with Gasteiger partial charge in [-0.2, -0.15) is 4.98 Å². The van der Waals surface area contributed by atoms with Crippen molar-refractivity contribution in [1.82, 2.24) is 25.0 Å². The summed E-state index contributed by atoms with van der Waals surface area (Å²) in [6, 6.07) is 14.9. The lowest BCUT2D eigenvalue weighted by Gasteiger charge is -2.24. The number of methoxy groups -OCH3 is 1. The van der Waals surface area contributed by atoms with Crippen molar-refractivity contribution >= 4 is 10.9 Å². The van der Waals surface area contributed by atoms with Gasteiger partial charge in [0.1, 0.15) is 11.6 Å². The molecular weight excluding hydrogens is 382 g/mol. The Labute approximate surface area is 173 Å². The molecule has 8 nitrogen and oxygen atoms in total. The van der Waals surface area contributed by atoms with Crippen molar-refractivity contribution in [3.63, 3.8) is 0 Å². The Morgan fingerprint density at radius 1 is 1.07 bits per heavy atom. The second-order valence-electron chi connectivity index (χ2n) is 7.27. The van der Waals surface area contributed by atoms with Gasteiger partial charge in [-0.3, -0.25) is 9.69 Å². The van der Waals surface area contributed by atoms with Crippen LogP contribution in [0.4, 0.5) is 0 Å². The molecule has 30 heavy (non-hydrogen) atoms. The Hall–Kier alpha value is -3.52. The summed E-state index contributed by atoms with van der Waals surface area (Å²) in [6.07, 6.45) is 0. The summed E-state index contributed by atoms with van der Waals surface area (Å²) < 4.78 is 10.6. The molecule has 4 aromatic rings. The number of para-hydroxylation sites is 1. The maximum atomic E-state index is 12.4. The third kappa shape index (κ3) is 4.23. The molecule has 2 aromatic heterocycles. The highest BCUT2D eigenvalue weighted by molar-refractivity contribution is 5.77. The molecule has 0 bridgehead atoms. The molecule has 0 saturated carbocycles. The molecule has 8 heteroatoms. The standard InChI is InChI=1S/C22H23N5O3/c1-14(2)27(12-19-23-18-7-5-4-6-17(18)21(28)24-19)13-20-25-22(30-26-20)15-8-10-16(29-3)11-9-15/h4-11,14H,12-13H2,1-3H3,(H,23,24,28). The quantitative estimate of drug-likeness (QED) is 0.503. The number of aromatic nitrogens is 4. The normalized spacial score (nSPS) is 11.5. The molecule has 1 N–H and O–H groups in total. The first-order valence-electron chi connectivity index (χ1n) is 9.72. The van der Waals surface area contributed by atoms with Crippen LogP contribution in [0, 0.1) is 0 Å². The van der Waals surface area contributed by atoms with E-state index in [1.54, 1.807) is 13.2 Å². The maximum Gasteiger partial charge on any atom is 0.258 e. The second kappa shape index (κ2) is 8.46. The number of hydrogen-bond donors (Lipinski definition) is 1. The number of rotatable bonds is 7. The number of hydrogen-bond acceptors (Lipinski definition) is 7. The SMILES string of the molecule is COc1ccc(-c2nc(CN(Cc3nc4ccccc4c(=O)[nH]3)C(C)C)no2)cc1. The molecule has 0 saturated heterocycles. The van der Waals surface area contributed by atoms with E-state index in [1.165, 1.54) is 0 Å². The van der Waals surface area contributed by atoms with Crippen LogP contribution in [0.3, 0.4) is 0 Å². The van der Waals surface area contributed by atoms with Gasteiger partial charge in [-0.25, -0.2) is 4.98 Å². The van der Waals surface area contributed by atoms with Crippen molar-refractivity contribution in [2.75, 3.05) is 7.11 Å². The Balaban J connectivity index is 1.53. The molecule has 154 valence electrons. The zero-order valence-electron chi connectivity index (χ0n) is 17.1. The summed E-state index contributed by atoms with van der Waals surface area (Å²) in [6.45, 7) is 5.07. The first kappa shape index (κ1) is 19.8. The Morgan fingerprint density at radius 3 is 2.57 bits per heavy atom. The van der Waals surface area contributed by atoms with Gasteiger partial charge in [0.2, 0.25) is 0 Å². The molecule has 0 unspecified atom stereocenters. The van der Waals surface area contributed by atoms with Crippen LogP contribution in [0.25, 0.3) is 22.4 Å². The molecule has 2 aromatic carbocycles. The van der Waals surface area contributed by atoms with E-state index >= 15 is 0 Å². The van der Waals surface area contributed by atoms with Gasteiger partial charge in [0, 0.05) is 11.6 Å². The fourth-order valence-corrected chi connectivity index (χ4v) is 3.17. The first-order valence-corrected chi connectivity index (χ1v) is 9.72. The van der Waals surface area contributed by atoms with E-state index in [-0.39, 0.29) is 11.6 Å². The number of fused-ring (bicyclic) bond motifs is 1. The highest BCUT2D eigenvalue weighted by Crippen LogP contribution is 2.21. The molecule has 0 spiro atoms. The lowest BCUT2D eigenvalue weighted by molar-refractivity contribution is 0.191. The van der Waals surface area contributed by atoms with Gasteiger partial charge in [0.05, 0.1) is 31.1 Å². The summed E-state index contributed by atoms with van der Waals surface area (Å²) in [7, 11) is 1.62. The summed E-state index contributed by atoms with van der Waals surface area (Å²) in [5, 5.41) is 4.70. The average molecular weight is 405 g/mol. The third-order valence-electron chi connectivity index (χ3n) is 4.89. The molecule has 0 radical (unpaired) electrons. The van der Waals surface area contributed by atoms with E-state index in [0.29, 0.717) is 41.5 Å². The fourth-order valence-electron chi connectivity index (χ4n) is 3.17. The minimum atomic E-state index is -0.138. The van der Waals surface area contributed by atoms with Crippen molar-refractivity contribution < 1.29 is 9.26 Å². The molecule has 0 aliphatic heterocycles. The number of benzene rings is 2.